The van der Waals surface area contributed by atoms with E-state index in [1.165, 1.54) is 167 Å². The van der Waals surface area contributed by atoms with E-state index in [1.807, 2.05) is 6.08 Å². The number of rotatable bonds is 39. The first kappa shape index (κ1) is 47.6. The summed E-state index contributed by atoms with van der Waals surface area (Å²) in [6.07, 6.45) is 53.9. The summed E-state index contributed by atoms with van der Waals surface area (Å²) in [5.74, 6) is -0.0755. The summed E-state index contributed by atoms with van der Waals surface area (Å²) in [4.78, 5) is 12.4. The molecule has 0 aliphatic heterocycles. The highest BCUT2D eigenvalue weighted by Crippen LogP contribution is 2.15. The lowest BCUT2D eigenvalue weighted by Gasteiger charge is -2.20. The minimum Gasteiger partial charge on any atom is -0.394 e. The Balaban J connectivity index is 3.57. The zero-order valence-electron chi connectivity index (χ0n) is 33.0. The van der Waals surface area contributed by atoms with Gasteiger partial charge < -0.3 is 15.5 Å². The molecular formula is C45H85NO3. The van der Waals surface area contributed by atoms with Crippen LogP contribution in [0, 0.1) is 0 Å². The van der Waals surface area contributed by atoms with Crippen molar-refractivity contribution >= 4 is 5.91 Å². The number of aliphatic hydroxyl groups is 2. The van der Waals surface area contributed by atoms with Gasteiger partial charge in [-0.15, -0.1) is 0 Å². The van der Waals surface area contributed by atoms with Gasteiger partial charge in [0.2, 0.25) is 5.91 Å². The normalized spacial score (nSPS) is 13.3. The number of unbranched alkanes of at least 4 members (excludes halogenated alkanes) is 29. The number of carbonyl (C=O) groups is 1. The van der Waals surface area contributed by atoms with Gasteiger partial charge in [-0.25, -0.2) is 0 Å². The molecule has 2 atom stereocenters. The van der Waals surface area contributed by atoms with Gasteiger partial charge in [-0.3, -0.25) is 4.79 Å². The largest absolute Gasteiger partial charge is 0.394 e. The van der Waals surface area contributed by atoms with Gasteiger partial charge >= 0.3 is 0 Å². The van der Waals surface area contributed by atoms with E-state index in [2.05, 4.69) is 43.5 Å². The number of hydrogen-bond acceptors (Lipinski definition) is 3. The van der Waals surface area contributed by atoms with E-state index >= 15 is 0 Å². The maximum atomic E-state index is 12.4. The second kappa shape index (κ2) is 41.0. The van der Waals surface area contributed by atoms with Crippen LogP contribution in [0.3, 0.4) is 0 Å². The van der Waals surface area contributed by atoms with E-state index in [-0.39, 0.29) is 12.5 Å². The van der Waals surface area contributed by atoms with Crippen LogP contribution in [0.4, 0.5) is 0 Å². The molecule has 0 rings (SSSR count). The Labute approximate surface area is 306 Å². The average molecular weight is 688 g/mol. The number of amides is 1. The van der Waals surface area contributed by atoms with E-state index in [4.69, 9.17) is 0 Å². The Morgan fingerprint density at radius 3 is 1.22 bits per heavy atom. The predicted molar refractivity (Wildman–Crippen MR) is 216 cm³/mol. The van der Waals surface area contributed by atoms with Crippen molar-refractivity contribution in [3.05, 3.63) is 36.5 Å². The summed E-state index contributed by atoms with van der Waals surface area (Å²) in [6, 6.07) is -0.627. The van der Waals surface area contributed by atoms with Crippen LogP contribution < -0.4 is 5.32 Å². The number of nitrogens with one attached hydrogen (secondary N) is 1. The lowest BCUT2D eigenvalue weighted by molar-refractivity contribution is -0.123. The zero-order valence-corrected chi connectivity index (χ0v) is 33.0. The predicted octanol–water partition coefficient (Wildman–Crippen LogP) is 13.4. The molecule has 288 valence electrons. The lowest BCUT2D eigenvalue weighted by Crippen LogP contribution is -2.45. The highest BCUT2D eigenvalue weighted by atomic mass is 16.3. The monoisotopic (exact) mass is 688 g/mol. The minimum atomic E-state index is -0.843. The van der Waals surface area contributed by atoms with Gasteiger partial charge in [-0.05, 0) is 44.9 Å². The molecule has 1 amide bonds. The van der Waals surface area contributed by atoms with Crippen molar-refractivity contribution in [3.8, 4) is 0 Å². The highest BCUT2D eigenvalue weighted by Gasteiger charge is 2.17. The Morgan fingerprint density at radius 2 is 0.816 bits per heavy atom. The summed E-state index contributed by atoms with van der Waals surface area (Å²) >= 11 is 0. The van der Waals surface area contributed by atoms with Crippen molar-refractivity contribution in [1.29, 1.82) is 0 Å². The Kier molecular flexibility index (Phi) is 39.9. The molecular weight excluding hydrogens is 602 g/mol. The topological polar surface area (TPSA) is 69.6 Å². The van der Waals surface area contributed by atoms with Crippen LogP contribution in [0.5, 0.6) is 0 Å². The highest BCUT2D eigenvalue weighted by molar-refractivity contribution is 5.76. The molecule has 0 radical (unpaired) electrons. The van der Waals surface area contributed by atoms with Gasteiger partial charge in [0, 0.05) is 6.42 Å². The van der Waals surface area contributed by atoms with E-state index in [0.717, 1.165) is 38.5 Å². The third kappa shape index (κ3) is 37.7. The fourth-order valence-electron chi connectivity index (χ4n) is 6.52. The van der Waals surface area contributed by atoms with Crippen LogP contribution in [0.2, 0.25) is 0 Å². The fraction of sp³-hybridized carbons (Fsp3) is 0.844. The number of hydrogen-bond donors (Lipinski definition) is 3. The SMILES string of the molecule is CCCCC/C=C\C=C/CCCCCCCCC(=O)NC(CO)C(O)/C=C/CCCCCCCCCCCCCCCCCCCCCC. The molecule has 0 bridgehead atoms. The summed E-state index contributed by atoms with van der Waals surface area (Å²) < 4.78 is 0. The molecule has 0 aromatic rings. The van der Waals surface area contributed by atoms with Crippen molar-refractivity contribution in [3.63, 3.8) is 0 Å². The Hall–Kier alpha value is -1.39. The number of carbonyl (C=O) groups excluding carboxylic acids is 1. The first-order valence-electron chi connectivity index (χ1n) is 21.7. The maximum Gasteiger partial charge on any atom is 0.220 e. The van der Waals surface area contributed by atoms with Gasteiger partial charge in [0.25, 0.3) is 0 Å². The molecule has 0 aromatic heterocycles. The molecule has 3 N–H and O–H groups in total. The Bertz CT molecular complexity index is 746. The summed E-state index contributed by atoms with van der Waals surface area (Å²) in [5.41, 5.74) is 0. The van der Waals surface area contributed by atoms with Crippen LogP contribution >= 0.6 is 0 Å². The van der Waals surface area contributed by atoms with Gasteiger partial charge in [0.05, 0.1) is 18.8 Å². The molecule has 0 aromatic carbocycles. The van der Waals surface area contributed by atoms with Crippen LogP contribution in [0.1, 0.15) is 226 Å². The van der Waals surface area contributed by atoms with Gasteiger partial charge in [-0.1, -0.05) is 211 Å². The summed E-state index contributed by atoms with van der Waals surface area (Å²) in [6.45, 7) is 4.28. The van der Waals surface area contributed by atoms with E-state index in [1.54, 1.807) is 6.08 Å². The second-order valence-electron chi connectivity index (χ2n) is 14.8. The maximum absolute atomic E-state index is 12.4. The van der Waals surface area contributed by atoms with Crippen LogP contribution in [0.25, 0.3) is 0 Å². The molecule has 49 heavy (non-hydrogen) atoms. The van der Waals surface area contributed by atoms with Crippen LogP contribution in [-0.2, 0) is 4.79 Å². The van der Waals surface area contributed by atoms with Gasteiger partial charge in [-0.2, -0.15) is 0 Å². The molecule has 0 heterocycles. The van der Waals surface area contributed by atoms with Crippen molar-refractivity contribution in [2.45, 2.75) is 238 Å². The Morgan fingerprint density at radius 1 is 0.490 bits per heavy atom. The molecule has 0 fully saturated rings. The summed E-state index contributed by atoms with van der Waals surface area (Å²) in [7, 11) is 0. The quantitative estimate of drug-likeness (QED) is 0.0342. The minimum absolute atomic E-state index is 0.0755. The molecule has 4 nitrogen and oxygen atoms in total. The standard InChI is InChI=1S/C45H85NO3/c1-3-5-7-9-11-13-15-17-19-20-21-22-23-24-25-27-28-30-32-34-36-38-40-44(48)43(42-47)46-45(49)41-39-37-35-33-31-29-26-18-16-14-12-10-8-6-4-2/h12,14,16,18,38,40,43-44,47-48H,3-11,13,15,17,19-37,39,41-42H2,1-2H3,(H,46,49)/b14-12-,18-16-,40-38+. The van der Waals surface area contributed by atoms with Crippen molar-refractivity contribution < 1.29 is 15.0 Å². The molecule has 0 spiro atoms. The van der Waals surface area contributed by atoms with E-state index < -0.39 is 12.1 Å². The molecule has 0 saturated heterocycles. The van der Waals surface area contributed by atoms with Crippen molar-refractivity contribution in [2.24, 2.45) is 0 Å². The van der Waals surface area contributed by atoms with Crippen molar-refractivity contribution in [2.75, 3.05) is 6.61 Å². The molecule has 0 aliphatic carbocycles. The smallest absolute Gasteiger partial charge is 0.220 e. The van der Waals surface area contributed by atoms with E-state index in [0.29, 0.717) is 6.42 Å². The van der Waals surface area contributed by atoms with E-state index in [9.17, 15) is 15.0 Å². The zero-order chi connectivity index (χ0) is 35.7. The molecule has 4 heteroatoms. The third-order valence-electron chi connectivity index (χ3n) is 9.90. The first-order chi connectivity index (χ1) is 24.2. The fourth-order valence-corrected chi connectivity index (χ4v) is 6.52. The van der Waals surface area contributed by atoms with Crippen LogP contribution in [-0.4, -0.2) is 34.9 Å². The first-order valence-corrected chi connectivity index (χ1v) is 21.7. The molecule has 2 unspecified atom stereocenters. The van der Waals surface area contributed by atoms with Crippen LogP contribution in [0.15, 0.2) is 36.5 Å². The average Bonchev–Trinajstić information content (AvgIpc) is 3.10. The second-order valence-corrected chi connectivity index (χ2v) is 14.8. The number of aliphatic hydroxyl groups excluding tert-OH is 2. The van der Waals surface area contributed by atoms with Gasteiger partial charge in [0.15, 0.2) is 0 Å². The van der Waals surface area contributed by atoms with Crippen molar-refractivity contribution in [1.82, 2.24) is 5.32 Å². The lowest BCUT2D eigenvalue weighted by atomic mass is 10.0. The third-order valence-corrected chi connectivity index (χ3v) is 9.90. The summed E-state index contributed by atoms with van der Waals surface area (Å²) in [5, 5.41) is 23.0. The van der Waals surface area contributed by atoms with Gasteiger partial charge in [0.1, 0.15) is 0 Å². The molecule has 0 aliphatic rings. The number of allylic oxidation sites excluding steroid dienone is 5. The molecule has 0 saturated carbocycles.